The zero-order valence-electron chi connectivity index (χ0n) is 34.2. The Kier molecular flexibility index (Phi) is 12.1. The lowest BCUT2D eigenvalue weighted by atomic mass is 9.96. The SMILES string of the molecule is C=C(NC(CN1C(CC)CCC1c1ncc(-c2ccc(-c3ccc4cc(NC(=NC)C5CC(C)[C@@H](C)N5C)ccc4c3)cc2/C=C\C)[nH]1)c1ccccc1)OC. The summed E-state index contributed by atoms with van der Waals surface area (Å²) in [6, 6.07) is 32.3. The van der Waals surface area contributed by atoms with Crippen LogP contribution in [-0.4, -0.2) is 71.5 Å². The number of rotatable bonds is 13. The van der Waals surface area contributed by atoms with Gasteiger partial charge >= 0.3 is 0 Å². The zero-order chi connectivity index (χ0) is 39.3. The molecule has 0 bridgehead atoms. The van der Waals surface area contributed by atoms with Gasteiger partial charge in [-0.2, -0.15) is 0 Å². The Hall–Kier alpha value is -5.18. The zero-order valence-corrected chi connectivity index (χ0v) is 34.2. The fourth-order valence-electron chi connectivity index (χ4n) is 8.92. The maximum Gasteiger partial charge on any atom is 0.179 e. The van der Waals surface area contributed by atoms with Crippen LogP contribution in [0.15, 0.2) is 115 Å². The molecule has 7 rings (SSSR count). The molecule has 3 N–H and O–H groups in total. The second-order valence-electron chi connectivity index (χ2n) is 15.7. The predicted molar refractivity (Wildman–Crippen MR) is 235 cm³/mol. The van der Waals surface area contributed by atoms with Crippen LogP contribution in [0.3, 0.4) is 0 Å². The summed E-state index contributed by atoms with van der Waals surface area (Å²) in [5.74, 6) is 3.26. The van der Waals surface area contributed by atoms with Crippen LogP contribution in [0.25, 0.3) is 39.2 Å². The van der Waals surface area contributed by atoms with Crippen molar-refractivity contribution < 1.29 is 4.74 Å². The number of methoxy groups -OCH3 is 1. The summed E-state index contributed by atoms with van der Waals surface area (Å²) < 4.78 is 5.46. The van der Waals surface area contributed by atoms with Gasteiger partial charge in [-0.05, 0) is 116 Å². The van der Waals surface area contributed by atoms with Crippen molar-refractivity contribution in [3.63, 3.8) is 0 Å². The molecule has 8 heteroatoms. The van der Waals surface area contributed by atoms with E-state index in [4.69, 9.17) is 9.72 Å². The largest absolute Gasteiger partial charge is 0.483 e. The lowest BCUT2D eigenvalue weighted by Crippen LogP contribution is -2.40. The Morgan fingerprint density at radius 2 is 1.77 bits per heavy atom. The summed E-state index contributed by atoms with van der Waals surface area (Å²) >= 11 is 0. The van der Waals surface area contributed by atoms with Crippen molar-refractivity contribution in [2.24, 2.45) is 10.9 Å². The predicted octanol–water partition coefficient (Wildman–Crippen LogP) is 10.5. The number of H-pyrrole nitrogens is 1. The van der Waals surface area contributed by atoms with Gasteiger partial charge in [-0.1, -0.05) is 86.7 Å². The molecule has 2 saturated heterocycles. The Morgan fingerprint density at radius 1 is 1.02 bits per heavy atom. The number of likely N-dealkylation sites (tertiary alicyclic amines) is 2. The molecule has 0 aliphatic carbocycles. The number of aromatic amines is 1. The average Bonchev–Trinajstić information content (AvgIpc) is 3.94. The second kappa shape index (κ2) is 17.3. The lowest BCUT2D eigenvalue weighted by Gasteiger charge is -2.33. The molecule has 2 aliphatic heterocycles. The second-order valence-corrected chi connectivity index (χ2v) is 15.7. The number of anilines is 1. The first kappa shape index (κ1) is 39.1. The minimum Gasteiger partial charge on any atom is -0.483 e. The lowest BCUT2D eigenvalue weighted by molar-refractivity contribution is 0.155. The molecular formula is C48H59N7O. The summed E-state index contributed by atoms with van der Waals surface area (Å²) in [5, 5.41) is 9.59. The smallest absolute Gasteiger partial charge is 0.179 e. The number of ether oxygens (including phenoxy) is 1. The highest BCUT2D eigenvalue weighted by Crippen LogP contribution is 2.39. The van der Waals surface area contributed by atoms with E-state index in [-0.39, 0.29) is 12.1 Å². The minimum absolute atomic E-state index is 0.0376. The molecule has 6 atom stereocenters. The van der Waals surface area contributed by atoms with Crippen molar-refractivity contribution >= 4 is 28.4 Å². The number of benzene rings is 4. The van der Waals surface area contributed by atoms with E-state index in [1.807, 2.05) is 13.2 Å². The van der Waals surface area contributed by atoms with Crippen molar-refractivity contribution in [1.82, 2.24) is 25.1 Å². The molecule has 0 spiro atoms. The number of fused-ring (bicyclic) bond motifs is 1. The van der Waals surface area contributed by atoms with Crippen molar-refractivity contribution in [3.05, 3.63) is 127 Å². The molecule has 2 fully saturated rings. The highest BCUT2D eigenvalue weighted by atomic mass is 16.5. The molecule has 0 saturated carbocycles. The maximum atomic E-state index is 5.46. The van der Waals surface area contributed by atoms with E-state index in [2.05, 4.69) is 169 Å². The molecule has 3 heterocycles. The highest BCUT2D eigenvalue weighted by Gasteiger charge is 2.38. The molecule has 5 aromatic rings. The molecule has 0 radical (unpaired) electrons. The number of likely N-dealkylation sites (N-methyl/N-ethyl adjacent to an activating group) is 1. The summed E-state index contributed by atoms with van der Waals surface area (Å²) in [6.45, 7) is 13.9. The molecule has 2 aliphatic rings. The van der Waals surface area contributed by atoms with E-state index in [9.17, 15) is 0 Å². The van der Waals surface area contributed by atoms with Gasteiger partial charge in [-0.3, -0.25) is 14.8 Å². The molecule has 8 nitrogen and oxygen atoms in total. The van der Waals surface area contributed by atoms with Gasteiger partial charge < -0.3 is 20.4 Å². The van der Waals surface area contributed by atoms with E-state index in [0.29, 0.717) is 29.9 Å². The third-order valence-corrected chi connectivity index (χ3v) is 12.4. The molecule has 4 aromatic carbocycles. The van der Waals surface area contributed by atoms with Crippen molar-refractivity contribution in [1.29, 1.82) is 0 Å². The van der Waals surface area contributed by atoms with E-state index in [1.54, 1.807) is 7.11 Å². The Balaban J connectivity index is 1.11. The molecule has 292 valence electrons. The Labute approximate surface area is 333 Å². The fraction of sp³-hybridized carbons (Fsp3) is 0.375. The van der Waals surface area contributed by atoms with Crippen LogP contribution in [-0.2, 0) is 4.74 Å². The standard InChI is InChI=1S/C48H59N7O/c1-9-14-39-27-37(35-17-18-38-28-40(21-19-36(38)26-35)52-47(49-6)46-25-31(3)32(4)54(46)7)20-23-42(39)43-29-50-48(53-43)45-24-22-41(10-2)55(45)30-44(51-33(5)56-8)34-15-12-11-13-16-34/h9,11-21,23,26-29,31-32,41,44-46,51H,5,10,22,24-25,30H2,1-4,6-8H3,(H,49,52)(H,50,53)/b14-9-/t31?,32-,41?,44?,45?,46?/m1/s1. The third-order valence-electron chi connectivity index (χ3n) is 12.4. The van der Waals surface area contributed by atoms with E-state index in [0.717, 1.165) is 66.4 Å². The van der Waals surface area contributed by atoms with Gasteiger partial charge in [0.15, 0.2) is 5.88 Å². The number of nitrogens with one attached hydrogen (secondary N) is 3. The van der Waals surface area contributed by atoms with Crippen LogP contribution >= 0.6 is 0 Å². The van der Waals surface area contributed by atoms with Crippen LogP contribution in [0.4, 0.5) is 5.69 Å². The minimum atomic E-state index is 0.0376. The quantitative estimate of drug-likeness (QED) is 0.0632. The number of nitrogens with zero attached hydrogens (tertiary/aromatic N) is 4. The van der Waals surface area contributed by atoms with Crippen molar-refractivity contribution in [3.8, 4) is 22.4 Å². The molecule has 0 amide bonds. The summed E-state index contributed by atoms with van der Waals surface area (Å²) in [7, 11) is 5.77. The van der Waals surface area contributed by atoms with Gasteiger partial charge in [0, 0.05) is 36.9 Å². The van der Waals surface area contributed by atoms with Crippen LogP contribution in [0.1, 0.15) is 82.4 Å². The van der Waals surface area contributed by atoms with Gasteiger partial charge in [0.25, 0.3) is 0 Å². The average molecular weight is 750 g/mol. The number of imidazole rings is 1. The molecular weight excluding hydrogens is 691 g/mol. The number of aromatic nitrogens is 2. The number of hydrogen-bond acceptors (Lipinski definition) is 6. The van der Waals surface area contributed by atoms with Gasteiger partial charge in [0.05, 0.1) is 37.1 Å². The van der Waals surface area contributed by atoms with Crippen molar-refractivity contribution in [2.45, 2.75) is 83.6 Å². The fourth-order valence-corrected chi connectivity index (χ4v) is 8.92. The maximum absolute atomic E-state index is 5.46. The number of allylic oxidation sites excluding steroid dienone is 1. The first-order chi connectivity index (χ1) is 27.2. The molecule has 1 aromatic heterocycles. The number of hydrogen-bond donors (Lipinski definition) is 3. The molecule has 56 heavy (non-hydrogen) atoms. The first-order valence-corrected chi connectivity index (χ1v) is 20.3. The number of aliphatic imine (C=N–C) groups is 1. The monoisotopic (exact) mass is 749 g/mol. The first-order valence-electron chi connectivity index (χ1n) is 20.3. The normalized spacial score (nSPS) is 22.6. The van der Waals surface area contributed by atoms with Gasteiger partial charge in [0.2, 0.25) is 0 Å². The molecule has 5 unspecified atom stereocenters. The van der Waals surface area contributed by atoms with Gasteiger partial charge in [0.1, 0.15) is 11.7 Å². The number of amidine groups is 1. The topological polar surface area (TPSA) is 80.8 Å². The van der Waals surface area contributed by atoms with Crippen LogP contribution in [0.5, 0.6) is 0 Å². The summed E-state index contributed by atoms with van der Waals surface area (Å²) in [5.41, 5.74) is 7.99. The van der Waals surface area contributed by atoms with Crippen LogP contribution < -0.4 is 10.6 Å². The Bertz CT molecular complexity index is 2190. The van der Waals surface area contributed by atoms with Gasteiger partial charge in [-0.25, -0.2) is 4.98 Å². The van der Waals surface area contributed by atoms with Crippen LogP contribution in [0, 0.1) is 5.92 Å². The third kappa shape index (κ3) is 8.18. The summed E-state index contributed by atoms with van der Waals surface area (Å²) in [6.07, 6.45) is 10.7. The van der Waals surface area contributed by atoms with Crippen LogP contribution in [0.2, 0.25) is 0 Å². The van der Waals surface area contributed by atoms with E-state index < -0.39 is 0 Å². The highest BCUT2D eigenvalue weighted by molar-refractivity contribution is 6.01. The van der Waals surface area contributed by atoms with E-state index >= 15 is 0 Å². The Morgan fingerprint density at radius 3 is 2.48 bits per heavy atom. The van der Waals surface area contributed by atoms with Crippen molar-refractivity contribution in [2.75, 3.05) is 33.1 Å². The van der Waals surface area contributed by atoms with E-state index in [1.165, 1.54) is 27.5 Å². The summed E-state index contributed by atoms with van der Waals surface area (Å²) in [4.78, 5) is 18.5. The van der Waals surface area contributed by atoms with Gasteiger partial charge in [-0.15, -0.1) is 0 Å².